The lowest BCUT2D eigenvalue weighted by Gasteiger charge is -2.20. The van der Waals surface area contributed by atoms with E-state index in [2.05, 4.69) is 0 Å². The molecule has 0 radical (unpaired) electrons. The maximum Gasteiger partial charge on any atom is 0.404 e. The molecule has 1 atom stereocenters. The largest absolute Gasteiger partial charge is 0.404 e. The Bertz CT molecular complexity index is 560. The monoisotopic (exact) mass is 335 g/mol. The van der Waals surface area contributed by atoms with Gasteiger partial charge in [-0.25, -0.2) is 8.42 Å². The lowest BCUT2D eigenvalue weighted by Crippen LogP contribution is -2.44. The van der Waals surface area contributed by atoms with Crippen LogP contribution in [0.1, 0.15) is 13.3 Å². The van der Waals surface area contributed by atoms with Gasteiger partial charge in [0.15, 0.2) is 0 Å². The van der Waals surface area contributed by atoms with E-state index in [9.17, 15) is 21.6 Å². The van der Waals surface area contributed by atoms with Crippen LogP contribution >= 0.6 is 23.2 Å². The molecule has 0 aliphatic rings. The summed E-state index contributed by atoms with van der Waals surface area (Å²) in [7, 11) is -4.39. The van der Waals surface area contributed by atoms with Gasteiger partial charge in [-0.2, -0.15) is 17.9 Å². The summed E-state index contributed by atoms with van der Waals surface area (Å²) < 4.78 is 63.0. The van der Waals surface area contributed by atoms with Gasteiger partial charge in [0.1, 0.15) is 10.9 Å². The molecule has 0 spiro atoms. The van der Waals surface area contributed by atoms with Crippen molar-refractivity contribution < 1.29 is 21.6 Å². The Labute approximate surface area is 118 Å². The number of hydrogen-bond acceptors (Lipinski definition) is 2. The molecule has 0 aromatic heterocycles. The summed E-state index contributed by atoms with van der Waals surface area (Å²) in [5.74, 6) is 0. The fraction of sp³-hybridized carbons (Fsp3) is 0.400. The smallest absolute Gasteiger partial charge is 0.207 e. The van der Waals surface area contributed by atoms with Crippen molar-refractivity contribution in [3.8, 4) is 0 Å². The van der Waals surface area contributed by atoms with Crippen molar-refractivity contribution in [1.29, 1.82) is 0 Å². The van der Waals surface area contributed by atoms with Crippen molar-refractivity contribution in [2.75, 3.05) is 0 Å². The normalized spacial score (nSPS) is 14.4. The van der Waals surface area contributed by atoms with Crippen molar-refractivity contribution in [2.45, 2.75) is 30.5 Å². The number of benzene rings is 1. The molecule has 19 heavy (non-hydrogen) atoms. The minimum atomic E-state index is -4.67. The van der Waals surface area contributed by atoms with Gasteiger partial charge >= 0.3 is 6.18 Å². The molecular formula is C10H10Cl2F3NO2S. The Hall–Kier alpha value is -0.500. The van der Waals surface area contributed by atoms with E-state index in [1.165, 1.54) is 19.1 Å². The van der Waals surface area contributed by atoms with Gasteiger partial charge in [0.25, 0.3) is 0 Å². The van der Waals surface area contributed by atoms with Crippen LogP contribution in [-0.4, -0.2) is 20.6 Å². The van der Waals surface area contributed by atoms with E-state index >= 15 is 0 Å². The van der Waals surface area contributed by atoms with Crippen LogP contribution in [0.2, 0.25) is 10.0 Å². The molecule has 0 bridgehead atoms. The zero-order valence-corrected chi connectivity index (χ0v) is 12.0. The van der Waals surface area contributed by atoms with E-state index in [0.717, 1.165) is 6.07 Å². The summed E-state index contributed by atoms with van der Waals surface area (Å²) >= 11 is 11.3. The summed E-state index contributed by atoms with van der Waals surface area (Å²) in [6.07, 6.45) is -5.10. The zero-order chi connectivity index (χ0) is 14.8. The van der Waals surface area contributed by atoms with Gasteiger partial charge in [-0.05, 0) is 18.6 Å². The van der Waals surface area contributed by atoms with Gasteiger partial charge < -0.3 is 0 Å². The standard InChI is InChI=1S/C10H10Cl2F3NO2S/c1-2-8(10(13,14)15)16-19(17,18)7-5-3-4-6(11)9(7)12/h3-5,8,16H,2H2,1H3. The van der Waals surface area contributed by atoms with Crippen LogP contribution in [-0.2, 0) is 10.0 Å². The van der Waals surface area contributed by atoms with Crippen LogP contribution in [0.3, 0.4) is 0 Å². The predicted octanol–water partition coefficient (Wildman–Crippen LogP) is 3.61. The highest BCUT2D eigenvalue weighted by Crippen LogP contribution is 2.30. The summed E-state index contributed by atoms with van der Waals surface area (Å²) in [4.78, 5) is -0.482. The lowest BCUT2D eigenvalue weighted by molar-refractivity contribution is -0.151. The Morgan fingerprint density at radius 2 is 1.89 bits per heavy atom. The maximum atomic E-state index is 12.6. The first-order chi connectivity index (χ1) is 8.59. The second-order valence-corrected chi connectivity index (χ2v) is 6.14. The highest BCUT2D eigenvalue weighted by molar-refractivity contribution is 7.89. The maximum absolute atomic E-state index is 12.6. The number of nitrogens with one attached hydrogen (secondary N) is 1. The summed E-state index contributed by atoms with van der Waals surface area (Å²) in [5.41, 5.74) is 0. The van der Waals surface area contributed by atoms with Crippen LogP contribution < -0.4 is 4.72 Å². The Morgan fingerprint density at radius 1 is 1.32 bits per heavy atom. The van der Waals surface area contributed by atoms with Crippen molar-refractivity contribution >= 4 is 33.2 Å². The van der Waals surface area contributed by atoms with E-state index in [1.54, 1.807) is 4.72 Å². The lowest BCUT2D eigenvalue weighted by atomic mass is 10.2. The fourth-order valence-corrected chi connectivity index (χ4v) is 3.39. The van der Waals surface area contributed by atoms with Crippen molar-refractivity contribution in [2.24, 2.45) is 0 Å². The summed E-state index contributed by atoms with van der Waals surface area (Å²) in [5, 5.41) is -0.363. The van der Waals surface area contributed by atoms with Gasteiger partial charge in [-0.15, -0.1) is 0 Å². The van der Waals surface area contributed by atoms with Crippen LogP contribution in [0.4, 0.5) is 13.2 Å². The van der Waals surface area contributed by atoms with E-state index < -0.39 is 33.6 Å². The third kappa shape index (κ3) is 3.98. The molecule has 1 aromatic carbocycles. The van der Waals surface area contributed by atoms with Crippen molar-refractivity contribution in [1.82, 2.24) is 4.72 Å². The highest BCUT2D eigenvalue weighted by Gasteiger charge is 2.41. The first-order valence-corrected chi connectivity index (χ1v) is 7.36. The molecule has 1 aromatic rings. The third-order valence-electron chi connectivity index (χ3n) is 2.31. The molecule has 0 aliphatic heterocycles. The van der Waals surface area contributed by atoms with E-state index in [4.69, 9.17) is 23.2 Å². The second kappa shape index (κ2) is 5.87. The Morgan fingerprint density at radius 3 is 2.37 bits per heavy atom. The predicted molar refractivity (Wildman–Crippen MR) is 66.9 cm³/mol. The number of alkyl halides is 3. The average Bonchev–Trinajstić information content (AvgIpc) is 2.28. The highest BCUT2D eigenvalue weighted by atomic mass is 35.5. The quantitative estimate of drug-likeness (QED) is 0.913. The van der Waals surface area contributed by atoms with E-state index in [0.29, 0.717) is 0 Å². The topological polar surface area (TPSA) is 46.2 Å². The van der Waals surface area contributed by atoms with E-state index in [1.807, 2.05) is 0 Å². The Kier molecular flexibility index (Phi) is 5.11. The first kappa shape index (κ1) is 16.6. The van der Waals surface area contributed by atoms with Crippen LogP contribution in [0.15, 0.2) is 23.1 Å². The molecular weight excluding hydrogens is 326 g/mol. The molecule has 0 saturated carbocycles. The molecule has 108 valence electrons. The zero-order valence-electron chi connectivity index (χ0n) is 9.63. The number of hydrogen-bond donors (Lipinski definition) is 1. The molecule has 1 unspecified atom stereocenters. The van der Waals surface area contributed by atoms with Gasteiger partial charge in [-0.3, -0.25) is 0 Å². The van der Waals surface area contributed by atoms with Crippen molar-refractivity contribution in [3.05, 3.63) is 28.2 Å². The van der Waals surface area contributed by atoms with Crippen LogP contribution in [0.25, 0.3) is 0 Å². The van der Waals surface area contributed by atoms with Crippen LogP contribution in [0, 0.1) is 0 Å². The van der Waals surface area contributed by atoms with Crippen LogP contribution in [0.5, 0.6) is 0 Å². The van der Waals surface area contributed by atoms with Crippen molar-refractivity contribution in [3.63, 3.8) is 0 Å². The molecule has 1 N–H and O–H groups in total. The number of rotatable bonds is 4. The molecule has 1 rings (SSSR count). The van der Waals surface area contributed by atoms with E-state index in [-0.39, 0.29) is 10.0 Å². The molecule has 0 aliphatic carbocycles. The number of halogens is 5. The fourth-order valence-electron chi connectivity index (χ4n) is 1.32. The molecule has 0 heterocycles. The summed E-state index contributed by atoms with van der Waals surface area (Å²) in [6.45, 7) is 1.22. The molecule has 3 nitrogen and oxygen atoms in total. The van der Waals surface area contributed by atoms with Gasteiger partial charge in [0, 0.05) is 0 Å². The average molecular weight is 336 g/mol. The molecule has 0 saturated heterocycles. The molecule has 0 amide bonds. The minimum Gasteiger partial charge on any atom is -0.207 e. The molecule has 0 fully saturated rings. The van der Waals surface area contributed by atoms with Gasteiger partial charge in [-0.1, -0.05) is 36.2 Å². The summed E-state index contributed by atoms with van der Waals surface area (Å²) in [6, 6.07) is 1.54. The molecule has 9 heteroatoms. The third-order valence-corrected chi connectivity index (χ3v) is 4.75. The minimum absolute atomic E-state index is 0.0513. The first-order valence-electron chi connectivity index (χ1n) is 5.12. The second-order valence-electron chi connectivity index (χ2n) is 3.68. The van der Waals surface area contributed by atoms with Gasteiger partial charge in [0.05, 0.1) is 10.0 Å². The SMILES string of the molecule is CCC(NS(=O)(=O)c1cccc(Cl)c1Cl)C(F)(F)F. The number of sulfonamides is 1. The Balaban J connectivity index is 3.15. The van der Waals surface area contributed by atoms with Gasteiger partial charge in [0.2, 0.25) is 10.0 Å².